The molecule has 0 aromatic carbocycles. The summed E-state index contributed by atoms with van der Waals surface area (Å²) in [7, 11) is 1.90. The molecule has 1 heterocycles. The number of carbonyl (C=O) groups excluding carboxylic acids is 2. The molecule has 0 aromatic heterocycles. The summed E-state index contributed by atoms with van der Waals surface area (Å²) in [5.41, 5.74) is 0.893. The van der Waals surface area contributed by atoms with Crippen molar-refractivity contribution in [3.05, 3.63) is 48.1 Å². The van der Waals surface area contributed by atoms with Crippen molar-refractivity contribution in [2.75, 3.05) is 7.05 Å². The number of rotatable bonds is 3. The number of hydrogen-bond donors (Lipinski definition) is 0. The van der Waals surface area contributed by atoms with Crippen LogP contribution < -0.4 is 0 Å². The molecule has 130 valence electrons. The van der Waals surface area contributed by atoms with Gasteiger partial charge in [-0.25, -0.2) is 0 Å². The summed E-state index contributed by atoms with van der Waals surface area (Å²) >= 11 is 0. The third-order valence-corrected chi connectivity index (χ3v) is 4.84. The average Bonchev–Trinajstić information content (AvgIpc) is 2.93. The highest BCUT2D eigenvalue weighted by Crippen LogP contribution is 2.27. The highest BCUT2D eigenvalue weighted by Gasteiger charge is 2.24. The minimum absolute atomic E-state index is 0.121. The van der Waals surface area contributed by atoms with Crippen LogP contribution in [0.1, 0.15) is 51.9 Å². The molecule has 2 atom stereocenters. The van der Waals surface area contributed by atoms with Crippen molar-refractivity contribution in [1.82, 2.24) is 4.90 Å². The van der Waals surface area contributed by atoms with Gasteiger partial charge in [-0.15, -0.1) is 0 Å². The summed E-state index contributed by atoms with van der Waals surface area (Å²) in [5, 5.41) is 0. The zero-order valence-corrected chi connectivity index (χ0v) is 14.9. The first-order valence-electron chi connectivity index (χ1n) is 9.11. The second-order valence-corrected chi connectivity index (χ2v) is 6.60. The predicted octanol–water partition coefficient (Wildman–Crippen LogP) is 4.37. The number of allylic oxidation sites excluding steroid dienone is 6. The fraction of sp³-hybridized carbons (Fsp3) is 0.524. The summed E-state index contributed by atoms with van der Waals surface area (Å²) in [5.74, 6) is 0.519. The second-order valence-electron chi connectivity index (χ2n) is 6.60. The van der Waals surface area contributed by atoms with Crippen LogP contribution in [-0.4, -0.2) is 29.7 Å². The number of amides is 1. The number of ketones is 1. The van der Waals surface area contributed by atoms with Crippen LogP contribution in [0.15, 0.2) is 48.1 Å². The topological polar surface area (TPSA) is 37.4 Å². The molecule has 24 heavy (non-hydrogen) atoms. The molecule has 0 aromatic rings. The molecule has 1 aliphatic carbocycles. The number of hydrogen-bond acceptors (Lipinski definition) is 2. The SMILES string of the molecule is CC/C=C\C[C@H]1C/C=C2/C(=O)C=C[C@@H]2C/C=C\CCCC(=O)N1C. The molecule has 1 amide bonds. The highest BCUT2D eigenvalue weighted by atomic mass is 16.2. The summed E-state index contributed by atoms with van der Waals surface area (Å²) in [6, 6.07) is 0.121. The van der Waals surface area contributed by atoms with Crippen LogP contribution in [0.5, 0.6) is 0 Å². The van der Waals surface area contributed by atoms with E-state index in [2.05, 4.69) is 37.3 Å². The second kappa shape index (κ2) is 9.41. The van der Waals surface area contributed by atoms with Gasteiger partial charge in [0.2, 0.25) is 5.91 Å². The molecule has 3 heteroatoms. The van der Waals surface area contributed by atoms with Gasteiger partial charge in [-0.3, -0.25) is 9.59 Å². The van der Waals surface area contributed by atoms with Crippen molar-refractivity contribution in [2.24, 2.45) is 5.92 Å². The highest BCUT2D eigenvalue weighted by molar-refractivity contribution is 6.07. The first-order valence-corrected chi connectivity index (χ1v) is 9.11. The van der Waals surface area contributed by atoms with E-state index in [1.165, 1.54) is 0 Å². The van der Waals surface area contributed by atoms with Crippen molar-refractivity contribution < 1.29 is 9.59 Å². The lowest BCUT2D eigenvalue weighted by molar-refractivity contribution is -0.132. The van der Waals surface area contributed by atoms with E-state index in [1.807, 2.05) is 18.0 Å². The quantitative estimate of drug-likeness (QED) is 0.722. The van der Waals surface area contributed by atoms with Gasteiger partial charge >= 0.3 is 0 Å². The van der Waals surface area contributed by atoms with Gasteiger partial charge in [-0.05, 0) is 44.6 Å². The molecule has 0 radical (unpaired) electrons. The van der Waals surface area contributed by atoms with Gasteiger partial charge < -0.3 is 4.90 Å². The maximum Gasteiger partial charge on any atom is 0.222 e. The summed E-state index contributed by atoms with van der Waals surface area (Å²) in [6.45, 7) is 2.11. The van der Waals surface area contributed by atoms with E-state index >= 15 is 0 Å². The third-order valence-electron chi connectivity index (χ3n) is 4.84. The van der Waals surface area contributed by atoms with Crippen LogP contribution >= 0.6 is 0 Å². The van der Waals surface area contributed by atoms with E-state index in [4.69, 9.17) is 0 Å². The van der Waals surface area contributed by atoms with E-state index < -0.39 is 0 Å². The van der Waals surface area contributed by atoms with Crippen LogP contribution in [0.4, 0.5) is 0 Å². The van der Waals surface area contributed by atoms with Gasteiger partial charge in [0.15, 0.2) is 5.78 Å². The van der Waals surface area contributed by atoms with E-state index in [9.17, 15) is 9.59 Å². The fourth-order valence-electron chi connectivity index (χ4n) is 3.25. The van der Waals surface area contributed by atoms with Gasteiger partial charge in [-0.1, -0.05) is 43.4 Å². The molecular formula is C21H29NO2. The molecule has 0 saturated carbocycles. The van der Waals surface area contributed by atoms with E-state index in [1.54, 1.807) is 6.08 Å². The molecule has 2 aliphatic rings. The average molecular weight is 327 g/mol. The standard InChI is InChI=1S/C21H29NO2/c1-3-4-7-11-18-14-15-19-17(13-16-20(19)23)10-8-5-6-9-12-21(24)22(18)2/h4-5,7-8,13,15-18H,3,6,9-12,14H2,1-2H3/b7-4-,8-5-,19-15+/t17-,18-/m0/s1. The third kappa shape index (κ3) is 5.05. The normalized spacial score (nSPS) is 29.6. The van der Waals surface area contributed by atoms with Gasteiger partial charge in [0, 0.05) is 31.0 Å². The number of nitrogens with zero attached hydrogens (tertiary/aromatic N) is 1. The minimum atomic E-state index is 0.121. The molecule has 0 spiro atoms. The first-order chi connectivity index (χ1) is 11.6. The first kappa shape index (κ1) is 18.4. The molecule has 0 bridgehead atoms. The monoisotopic (exact) mass is 327 g/mol. The van der Waals surface area contributed by atoms with Crippen molar-refractivity contribution in [1.29, 1.82) is 0 Å². The van der Waals surface area contributed by atoms with Crippen molar-refractivity contribution in [3.8, 4) is 0 Å². The maximum atomic E-state index is 12.4. The van der Waals surface area contributed by atoms with Crippen molar-refractivity contribution in [2.45, 2.75) is 57.9 Å². The Bertz CT molecular complexity index is 568. The summed E-state index contributed by atoms with van der Waals surface area (Å²) in [6.07, 6.45) is 20.2. The predicted molar refractivity (Wildman–Crippen MR) is 98.6 cm³/mol. The smallest absolute Gasteiger partial charge is 0.222 e. The molecule has 0 N–H and O–H groups in total. The van der Waals surface area contributed by atoms with Gasteiger partial charge in [0.1, 0.15) is 0 Å². The fourth-order valence-corrected chi connectivity index (χ4v) is 3.25. The Morgan fingerprint density at radius 1 is 1.21 bits per heavy atom. The largest absolute Gasteiger partial charge is 0.342 e. The molecule has 0 fully saturated rings. The number of carbonyl (C=O) groups is 2. The maximum absolute atomic E-state index is 12.4. The van der Waals surface area contributed by atoms with E-state index in [0.29, 0.717) is 6.42 Å². The van der Waals surface area contributed by atoms with Gasteiger partial charge in [0.05, 0.1) is 0 Å². The van der Waals surface area contributed by atoms with Crippen LogP contribution in [-0.2, 0) is 9.59 Å². The van der Waals surface area contributed by atoms with E-state index in [0.717, 1.165) is 44.1 Å². The summed E-state index contributed by atoms with van der Waals surface area (Å²) < 4.78 is 0. The Kier molecular flexibility index (Phi) is 7.23. The Hall–Kier alpha value is -1.90. The Balaban J connectivity index is 2.20. The molecule has 3 nitrogen and oxygen atoms in total. The lowest BCUT2D eigenvalue weighted by Crippen LogP contribution is -2.36. The van der Waals surface area contributed by atoms with E-state index in [-0.39, 0.29) is 23.7 Å². The van der Waals surface area contributed by atoms with Crippen LogP contribution in [0, 0.1) is 5.92 Å². The summed E-state index contributed by atoms with van der Waals surface area (Å²) in [4.78, 5) is 26.4. The molecule has 0 saturated heterocycles. The van der Waals surface area contributed by atoms with Crippen LogP contribution in [0.2, 0.25) is 0 Å². The van der Waals surface area contributed by atoms with Crippen LogP contribution in [0.3, 0.4) is 0 Å². The minimum Gasteiger partial charge on any atom is -0.342 e. The Morgan fingerprint density at radius 2 is 2.04 bits per heavy atom. The van der Waals surface area contributed by atoms with Crippen LogP contribution in [0.25, 0.3) is 0 Å². The lowest BCUT2D eigenvalue weighted by Gasteiger charge is -2.27. The molecule has 0 unspecified atom stereocenters. The number of fused-ring (bicyclic) bond motifs is 1. The molecular weight excluding hydrogens is 298 g/mol. The Morgan fingerprint density at radius 3 is 2.83 bits per heavy atom. The van der Waals surface area contributed by atoms with Crippen molar-refractivity contribution >= 4 is 11.7 Å². The van der Waals surface area contributed by atoms with Gasteiger partial charge in [0.25, 0.3) is 0 Å². The zero-order valence-electron chi connectivity index (χ0n) is 14.9. The zero-order chi connectivity index (χ0) is 17.4. The molecule has 2 rings (SSSR count). The lowest BCUT2D eigenvalue weighted by atomic mass is 9.95. The van der Waals surface area contributed by atoms with Gasteiger partial charge in [-0.2, -0.15) is 0 Å². The Labute approximate surface area is 145 Å². The molecule has 1 aliphatic heterocycles. The van der Waals surface area contributed by atoms with Crippen molar-refractivity contribution in [3.63, 3.8) is 0 Å².